The molecule has 1 aromatic carbocycles. The summed E-state index contributed by atoms with van der Waals surface area (Å²) in [6.45, 7) is 1.93. The van der Waals surface area contributed by atoms with E-state index >= 15 is 0 Å². The number of nitrogens with zero attached hydrogens (tertiary/aromatic N) is 2. The average Bonchev–Trinajstić information content (AvgIpc) is 2.92. The molecule has 1 heterocycles. The Balaban J connectivity index is 2.39. The Hall–Kier alpha value is -2.22. The first-order valence-electron chi connectivity index (χ1n) is 6.05. The quantitative estimate of drug-likeness (QED) is 0.787. The second kappa shape index (κ2) is 6.49. The largest absolute Gasteiger partial charge is 0.496 e. The number of aliphatic carboxylic acids is 1. The van der Waals surface area contributed by atoms with Gasteiger partial charge in [-0.3, -0.25) is 4.79 Å². The van der Waals surface area contributed by atoms with E-state index in [1.54, 1.807) is 14.2 Å². The number of nitrogens with one attached hydrogen (secondary N) is 1. The number of ether oxygens (including phenoxy) is 2. The second-order valence-corrected chi connectivity index (χ2v) is 5.17. The number of carbonyl (C=O) groups is 1. The summed E-state index contributed by atoms with van der Waals surface area (Å²) in [6.07, 6.45) is 0. The zero-order valence-corrected chi connectivity index (χ0v) is 12.7. The Morgan fingerprint density at radius 1 is 1.29 bits per heavy atom. The predicted molar refractivity (Wildman–Crippen MR) is 78.0 cm³/mol. The van der Waals surface area contributed by atoms with Crippen LogP contribution in [0.3, 0.4) is 0 Å². The van der Waals surface area contributed by atoms with E-state index in [0.29, 0.717) is 28.0 Å². The van der Waals surface area contributed by atoms with Gasteiger partial charge in [-0.1, -0.05) is 11.8 Å². The van der Waals surface area contributed by atoms with Gasteiger partial charge >= 0.3 is 5.97 Å². The number of hydrogen-bond donors (Lipinski definition) is 2. The van der Waals surface area contributed by atoms with Crippen LogP contribution >= 0.6 is 11.8 Å². The van der Waals surface area contributed by atoms with Crippen molar-refractivity contribution >= 4 is 17.7 Å². The summed E-state index contributed by atoms with van der Waals surface area (Å²) in [7, 11) is 3.13. The first-order valence-corrected chi connectivity index (χ1v) is 7.04. The minimum absolute atomic E-state index is 0.0865. The zero-order valence-electron chi connectivity index (χ0n) is 11.8. The van der Waals surface area contributed by atoms with Crippen LogP contribution in [0, 0.1) is 6.92 Å². The van der Waals surface area contributed by atoms with Crippen molar-refractivity contribution in [2.75, 3.05) is 20.0 Å². The maximum Gasteiger partial charge on any atom is 0.313 e. The summed E-state index contributed by atoms with van der Waals surface area (Å²) in [5.74, 6) is 0.687. The fraction of sp³-hybridized carbons (Fsp3) is 0.308. The van der Waals surface area contributed by atoms with Gasteiger partial charge in [0.05, 0.1) is 20.0 Å². The lowest BCUT2D eigenvalue weighted by Gasteiger charge is -2.12. The third kappa shape index (κ3) is 3.46. The number of carboxylic acid groups (broad SMARTS) is 1. The normalized spacial score (nSPS) is 10.4. The molecule has 2 rings (SSSR count). The third-order valence-electron chi connectivity index (χ3n) is 2.69. The molecule has 0 fully saturated rings. The molecule has 0 aliphatic carbocycles. The Kier molecular flexibility index (Phi) is 4.69. The molecule has 0 saturated heterocycles. The van der Waals surface area contributed by atoms with Gasteiger partial charge in [-0.15, -0.1) is 10.2 Å². The molecule has 0 saturated carbocycles. The first kappa shape index (κ1) is 15.2. The lowest BCUT2D eigenvalue weighted by atomic mass is 10.1. The number of carboxylic acids is 1. The van der Waals surface area contributed by atoms with Gasteiger partial charge in [0.15, 0.2) is 11.0 Å². The van der Waals surface area contributed by atoms with Gasteiger partial charge in [0, 0.05) is 0 Å². The van der Waals surface area contributed by atoms with E-state index in [1.807, 2.05) is 19.1 Å². The van der Waals surface area contributed by atoms with Crippen LogP contribution in [0.25, 0.3) is 11.4 Å². The summed E-state index contributed by atoms with van der Waals surface area (Å²) in [5, 5.41) is 17.1. The number of benzene rings is 1. The lowest BCUT2D eigenvalue weighted by molar-refractivity contribution is -0.133. The smallest absolute Gasteiger partial charge is 0.313 e. The van der Waals surface area contributed by atoms with Gasteiger partial charge in [-0.2, -0.15) is 0 Å². The van der Waals surface area contributed by atoms with E-state index < -0.39 is 5.97 Å². The summed E-state index contributed by atoms with van der Waals surface area (Å²) in [6, 6.07) is 3.73. The Morgan fingerprint density at radius 3 is 2.43 bits per heavy atom. The third-order valence-corrected chi connectivity index (χ3v) is 3.53. The molecule has 1 aromatic heterocycles. The van der Waals surface area contributed by atoms with Crippen molar-refractivity contribution in [3.05, 3.63) is 17.7 Å². The van der Waals surface area contributed by atoms with Crippen molar-refractivity contribution in [2.45, 2.75) is 12.1 Å². The van der Waals surface area contributed by atoms with Crippen LogP contribution in [0.4, 0.5) is 0 Å². The SMILES string of the molecule is COc1cc(C)cc(OC)c1-c1nnc(SCC(=O)O)[nH]1. The maximum absolute atomic E-state index is 10.6. The lowest BCUT2D eigenvalue weighted by Crippen LogP contribution is -1.98. The van der Waals surface area contributed by atoms with Gasteiger partial charge in [0.2, 0.25) is 0 Å². The van der Waals surface area contributed by atoms with Crippen LogP contribution in [0.15, 0.2) is 17.3 Å². The maximum atomic E-state index is 10.6. The molecule has 21 heavy (non-hydrogen) atoms. The van der Waals surface area contributed by atoms with E-state index in [-0.39, 0.29) is 5.75 Å². The average molecular weight is 309 g/mol. The van der Waals surface area contributed by atoms with Crippen LogP contribution in [0.2, 0.25) is 0 Å². The molecule has 112 valence electrons. The summed E-state index contributed by atoms with van der Waals surface area (Å²) >= 11 is 1.06. The molecule has 0 aliphatic rings. The number of rotatable bonds is 6. The van der Waals surface area contributed by atoms with E-state index in [4.69, 9.17) is 14.6 Å². The van der Waals surface area contributed by atoms with Gasteiger partial charge < -0.3 is 19.6 Å². The van der Waals surface area contributed by atoms with Crippen LogP contribution in [-0.4, -0.2) is 46.2 Å². The number of methoxy groups -OCH3 is 2. The van der Waals surface area contributed by atoms with E-state index in [9.17, 15) is 4.79 Å². The van der Waals surface area contributed by atoms with Crippen molar-refractivity contribution in [2.24, 2.45) is 0 Å². The second-order valence-electron chi connectivity index (χ2n) is 4.21. The molecule has 0 bridgehead atoms. The molecular weight excluding hydrogens is 294 g/mol. The van der Waals surface area contributed by atoms with Crippen molar-refractivity contribution in [3.63, 3.8) is 0 Å². The number of hydrogen-bond acceptors (Lipinski definition) is 6. The molecule has 8 heteroatoms. The Labute approximate surface area is 125 Å². The molecule has 0 atom stereocenters. The minimum Gasteiger partial charge on any atom is -0.496 e. The molecule has 0 radical (unpaired) electrons. The summed E-state index contributed by atoms with van der Waals surface area (Å²) < 4.78 is 10.7. The summed E-state index contributed by atoms with van der Waals surface area (Å²) in [5.41, 5.74) is 1.65. The van der Waals surface area contributed by atoms with E-state index in [0.717, 1.165) is 17.3 Å². The molecular formula is C13H15N3O4S. The Morgan fingerprint density at radius 2 is 1.90 bits per heavy atom. The first-order chi connectivity index (χ1) is 10.0. The molecule has 7 nitrogen and oxygen atoms in total. The Bertz CT molecular complexity index is 632. The number of aryl methyl sites for hydroxylation is 1. The van der Waals surface area contributed by atoms with E-state index in [1.165, 1.54) is 0 Å². The summed E-state index contributed by atoms with van der Waals surface area (Å²) in [4.78, 5) is 13.5. The van der Waals surface area contributed by atoms with Crippen molar-refractivity contribution in [1.29, 1.82) is 0 Å². The molecule has 0 amide bonds. The molecule has 2 aromatic rings. The van der Waals surface area contributed by atoms with Gasteiger partial charge in [0.1, 0.15) is 17.1 Å². The van der Waals surface area contributed by atoms with Crippen molar-refractivity contribution < 1.29 is 19.4 Å². The molecule has 0 unspecified atom stereocenters. The monoisotopic (exact) mass is 309 g/mol. The number of thioether (sulfide) groups is 1. The highest BCUT2D eigenvalue weighted by Crippen LogP contribution is 2.38. The van der Waals surface area contributed by atoms with Gasteiger partial charge in [-0.05, 0) is 24.6 Å². The number of aromatic nitrogens is 3. The predicted octanol–water partition coefficient (Wildman–Crippen LogP) is 1.97. The van der Waals surface area contributed by atoms with Gasteiger partial charge in [0.25, 0.3) is 0 Å². The highest BCUT2D eigenvalue weighted by molar-refractivity contribution is 7.99. The van der Waals surface area contributed by atoms with Crippen LogP contribution in [-0.2, 0) is 4.79 Å². The topological polar surface area (TPSA) is 97.3 Å². The van der Waals surface area contributed by atoms with Gasteiger partial charge in [-0.25, -0.2) is 0 Å². The highest BCUT2D eigenvalue weighted by atomic mass is 32.2. The fourth-order valence-electron chi connectivity index (χ4n) is 1.83. The fourth-order valence-corrected chi connectivity index (χ4v) is 2.36. The van der Waals surface area contributed by atoms with Crippen molar-refractivity contribution in [3.8, 4) is 22.9 Å². The van der Waals surface area contributed by atoms with Crippen molar-refractivity contribution in [1.82, 2.24) is 15.2 Å². The molecule has 0 aliphatic heterocycles. The molecule has 2 N–H and O–H groups in total. The zero-order chi connectivity index (χ0) is 15.4. The minimum atomic E-state index is -0.913. The van der Waals surface area contributed by atoms with Crippen LogP contribution in [0.5, 0.6) is 11.5 Å². The number of H-pyrrole nitrogens is 1. The number of aromatic amines is 1. The van der Waals surface area contributed by atoms with E-state index in [2.05, 4.69) is 15.2 Å². The van der Waals surface area contributed by atoms with Crippen LogP contribution < -0.4 is 9.47 Å². The standard InChI is InChI=1S/C13H15N3O4S/c1-7-4-8(19-2)11(9(5-7)20-3)12-14-13(16-15-12)21-6-10(17)18/h4-5H,6H2,1-3H3,(H,17,18)(H,14,15,16). The highest BCUT2D eigenvalue weighted by Gasteiger charge is 2.18. The molecule has 0 spiro atoms. The van der Waals surface area contributed by atoms with Crippen LogP contribution in [0.1, 0.15) is 5.56 Å².